The average Bonchev–Trinajstić information content (AvgIpc) is 3.77. The van der Waals surface area contributed by atoms with Crippen LogP contribution in [0, 0.1) is 82.9 Å². The van der Waals surface area contributed by atoms with Gasteiger partial charge >= 0.3 is 5.97 Å². The van der Waals surface area contributed by atoms with Crippen LogP contribution in [-0.4, -0.2) is 75.9 Å². The molecule has 8 rings (SSSR count). The number of aliphatic hydroxyl groups excluding tert-OH is 4. The maximum atomic E-state index is 13.0. The minimum Gasteiger partial charge on any atom is -0.478 e. The highest BCUT2D eigenvalue weighted by atomic mass is 16.4. The molecule has 0 bridgehead atoms. The standard InChI is InChI=1S/C28H41NO3.C20H35NO2.C8H8O2/c1-18-6-5-7-20(14-18)26(32)29-16-23-24-9-8-19(2)27(24,3)13-11-25(23)28(4)12-10-22(31)15-21(28)17-30;1-13-4-5-17-16(11-21)18(7-9-19(13,17)2)20(3)8-6-15(23)10-14(20)12-22;1-6-3-2-4-7(5-6)8(9)10/h5-7,14,21-25,30-31H,2,8-13,15-17H2,1,3-4H3,(H,29,32);14-18,22-23H,1,4-12,21H2,2-3H3;2-5H,1H3,(H,9,10)/t21-,22+,23+,24+,25+,27-,28+;14-,15+,16+,17+,18+,19-,20+;/m11./s1. The Hall–Kier alpha value is -3.34. The molecule has 9 heteroatoms. The number of amides is 1. The normalized spacial score (nSPS) is 38.9. The van der Waals surface area contributed by atoms with E-state index in [0.717, 1.165) is 87.4 Å². The van der Waals surface area contributed by atoms with Gasteiger partial charge in [0.1, 0.15) is 0 Å². The van der Waals surface area contributed by atoms with Gasteiger partial charge in [-0.2, -0.15) is 0 Å². The largest absolute Gasteiger partial charge is 0.478 e. The molecule has 2 aromatic carbocycles. The summed E-state index contributed by atoms with van der Waals surface area (Å²) in [6, 6.07) is 14.6. The minimum absolute atomic E-state index is 0.000484. The molecule has 0 radical (unpaired) electrons. The Morgan fingerprint density at radius 3 is 1.54 bits per heavy atom. The first kappa shape index (κ1) is 51.1. The van der Waals surface area contributed by atoms with Gasteiger partial charge in [0.25, 0.3) is 5.91 Å². The van der Waals surface area contributed by atoms with Crippen molar-refractivity contribution in [2.45, 2.75) is 144 Å². The topological polar surface area (TPSA) is 173 Å². The van der Waals surface area contributed by atoms with Crippen LogP contribution in [0.1, 0.15) is 149 Å². The van der Waals surface area contributed by atoms with E-state index in [1.165, 1.54) is 30.4 Å². The van der Waals surface area contributed by atoms with E-state index in [2.05, 4.69) is 46.2 Å². The number of aromatic carboxylic acids is 1. The van der Waals surface area contributed by atoms with Crippen LogP contribution in [-0.2, 0) is 0 Å². The summed E-state index contributed by atoms with van der Waals surface area (Å²) in [5.74, 6) is 2.49. The lowest BCUT2D eigenvalue weighted by molar-refractivity contribution is -0.0928. The predicted octanol–water partition coefficient (Wildman–Crippen LogP) is 9.68. The van der Waals surface area contributed by atoms with E-state index >= 15 is 0 Å². The average molecular weight is 897 g/mol. The number of carbonyl (C=O) groups excluding carboxylic acids is 1. The molecule has 1 amide bonds. The van der Waals surface area contributed by atoms with E-state index in [9.17, 15) is 30.0 Å². The van der Waals surface area contributed by atoms with Crippen molar-refractivity contribution < 1.29 is 35.1 Å². The molecule has 6 aliphatic carbocycles. The summed E-state index contributed by atoms with van der Waals surface area (Å²) in [6.07, 6.45) is 13.8. The summed E-state index contributed by atoms with van der Waals surface area (Å²) in [7, 11) is 0. The van der Waals surface area contributed by atoms with E-state index in [1.54, 1.807) is 18.2 Å². The lowest BCUT2D eigenvalue weighted by Gasteiger charge is -2.56. The zero-order valence-corrected chi connectivity index (χ0v) is 40.7. The van der Waals surface area contributed by atoms with Crippen molar-refractivity contribution in [2.24, 2.45) is 74.7 Å². The van der Waals surface area contributed by atoms with E-state index < -0.39 is 5.97 Å². The summed E-state index contributed by atoms with van der Waals surface area (Å²) >= 11 is 0. The number of carbonyl (C=O) groups is 2. The summed E-state index contributed by atoms with van der Waals surface area (Å²) in [4.78, 5) is 23.4. The van der Waals surface area contributed by atoms with Gasteiger partial charge in [0, 0.05) is 25.3 Å². The molecule has 6 fully saturated rings. The first-order valence-electron chi connectivity index (χ1n) is 25.0. The molecule has 2 aromatic rings. The summed E-state index contributed by atoms with van der Waals surface area (Å²) in [5.41, 5.74) is 12.7. The van der Waals surface area contributed by atoms with Gasteiger partial charge in [-0.3, -0.25) is 4.79 Å². The van der Waals surface area contributed by atoms with Crippen molar-refractivity contribution >= 4 is 11.9 Å². The fourth-order valence-corrected chi connectivity index (χ4v) is 14.9. The number of carboxylic acids is 1. The molecule has 0 unspecified atom stereocenters. The highest BCUT2D eigenvalue weighted by Crippen LogP contribution is 2.65. The highest BCUT2D eigenvalue weighted by molar-refractivity contribution is 5.94. The van der Waals surface area contributed by atoms with Crippen LogP contribution in [0.3, 0.4) is 0 Å². The molecule has 0 spiro atoms. The Morgan fingerprint density at radius 2 is 1.11 bits per heavy atom. The maximum absolute atomic E-state index is 13.0. The number of hydrogen-bond acceptors (Lipinski definition) is 7. The fraction of sp³-hybridized carbons (Fsp3) is 0.679. The Morgan fingerprint density at radius 1 is 0.662 bits per heavy atom. The van der Waals surface area contributed by atoms with Gasteiger partial charge in [0.15, 0.2) is 0 Å². The molecule has 0 heterocycles. The quantitative estimate of drug-likeness (QED) is 0.122. The second-order valence-electron chi connectivity index (χ2n) is 22.6. The van der Waals surface area contributed by atoms with Crippen LogP contribution < -0.4 is 11.1 Å². The third-order valence-corrected chi connectivity index (χ3v) is 19.2. The zero-order chi connectivity index (χ0) is 47.5. The van der Waals surface area contributed by atoms with E-state index in [1.807, 2.05) is 44.2 Å². The van der Waals surface area contributed by atoms with Crippen molar-refractivity contribution in [3.63, 3.8) is 0 Å². The lowest BCUT2D eigenvalue weighted by Crippen LogP contribution is -2.53. The van der Waals surface area contributed by atoms with Gasteiger partial charge in [0.05, 0.1) is 17.8 Å². The van der Waals surface area contributed by atoms with Crippen molar-refractivity contribution in [1.82, 2.24) is 5.32 Å². The van der Waals surface area contributed by atoms with Crippen molar-refractivity contribution in [3.8, 4) is 0 Å². The Bertz CT molecular complexity index is 2000. The predicted molar refractivity (Wildman–Crippen MR) is 260 cm³/mol. The summed E-state index contributed by atoms with van der Waals surface area (Å²) in [6.45, 7) is 23.9. The number of nitrogens with one attached hydrogen (secondary N) is 1. The summed E-state index contributed by atoms with van der Waals surface area (Å²) < 4.78 is 0. The lowest BCUT2D eigenvalue weighted by atomic mass is 9.49. The molecule has 9 nitrogen and oxygen atoms in total. The number of aliphatic hydroxyl groups is 4. The third-order valence-electron chi connectivity index (χ3n) is 19.2. The molecule has 8 N–H and O–H groups in total. The molecule has 360 valence electrons. The van der Waals surface area contributed by atoms with Crippen LogP contribution >= 0.6 is 0 Å². The van der Waals surface area contributed by atoms with Gasteiger partial charge < -0.3 is 36.6 Å². The molecule has 0 aliphatic heterocycles. The van der Waals surface area contributed by atoms with Gasteiger partial charge in [-0.1, -0.05) is 87.4 Å². The Kier molecular flexibility index (Phi) is 16.4. The number of hydrogen-bond donors (Lipinski definition) is 7. The summed E-state index contributed by atoms with van der Waals surface area (Å²) in [5, 5.41) is 52.3. The Labute approximate surface area is 390 Å². The highest BCUT2D eigenvalue weighted by Gasteiger charge is 2.58. The first-order valence-corrected chi connectivity index (χ1v) is 25.0. The van der Waals surface area contributed by atoms with Gasteiger partial charge in [0.2, 0.25) is 0 Å². The SMILES string of the molecule is C=C1CC[C@H]2[C@H](CN)[C@@H]([C@@]3(C)CC[C@H](O)C[C@@H]3CO)CC[C@]12C.C=C1CC[C@H]2[C@H](CNC(=O)c3cccc(C)c3)[C@@H]([C@@]3(C)CC[C@H](O)C[C@@H]3CO)CC[C@]12C.Cc1cccc(C(=O)O)c1. The van der Waals surface area contributed by atoms with E-state index in [4.69, 9.17) is 10.8 Å². The monoisotopic (exact) mass is 897 g/mol. The molecular weight excluding hydrogens is 813 g/mol. The zero-order valence-electron chi connectivity index (χ0n) is 40.7. The number of fused-ring (bicyclic) bond motifs is 2. The molecule has 6 saturated carbocycles. The second-order valence-corrected chi connectivity index (χ2v) is 22.6. The number of benzene rings is 2. The number of nitrogens with two attached hydrogens (primary N) is 1. The smallest absolute Gasteiger partial charge is 0.335 e. The minimum atomic E-state index is -0.872. The van der Waals surface area contributed by atoms with E-state index in [-0.39, 0.29) is 64.8 Å². The van der Waals surface area contributed by atoms with Crippen LogP contribution in [0.5, 0.6) is 0 Å². The molecule has 6 aliphatic rings. The van der Waals surface area contributed by atoms with Crippen LogP contribution in [0.2, 0.25) is 0 Å². The van der Waals surface area contributed by atoms with Crippen LogP contribution in [0.25, 0.3) is 0 Å². The van der Waals surface area contributed by atoms with Crippen molar-refractivity contribution in [2.75, 3.05) is 26.3 Å². The molecule has 0 saturated heterocycles. The maximum Gasteiger partial charge on any atom is 0.335 e. The second kappa shape index (κ2) is 20.9. The van der Waals surface area contributed by atoms with Crippen LogP contribution in [0.4, 0.5) is 0 Å². The number of allylic oxidation sites excluding steroid dienone is 2. The molecular formula is C56H84N2O7. The Balaban J connectivity index is 0.000000184. The van der Waals surface area contributed by atoms with Crippen molar-refractivity contribution in [1.29, 1.82) is 0 Å². The third kappa shape index (κ3) is 10.4. The number of rotatable bonds is 9. The number of carboxylic acid groups (broad SMARTS) is 1. The molecule has 14 atom stereocenters. The van der Waals surface area contributed by atoms with Crippen LogP contribution in [0.15, 0.2) is 72.8 Å². The first-order chi connectivity index (χ1) is 30.7. The van der Waals surface area contributed by atoms with E-state index in [0.29, 0.717) is 54.0 Å². The van der Waals surface area contributed by atoms with Gasteiger partial charge in [-0.05, 0) is 204 Å². The number of aryl methyl sites for hydroxylation is 2. The van der Waals surface area contributed by atoms with Gasteiger partial charge in [-0.15, -0.1) is 0 Å². The molecule has 0 aromatic heterocycles. The fourth-order valence-electron chi connectivity index (χ4n) is 14.9. The molecule has 65 heavy (non-hydrogen) atoms. The van der Waals surface area contributed by atoms with Gasteiger partial charge in [-0.25, -0.2) is 4.79 Å². The van der Waals surface area contributed by atoms with Crippen molar-refractivity contribution in [3.05, 3.63) is 95.1 Å².